The second-order valence-corrected chi connectivity index (χ2v) is 6.06. The highest BCUT2D eigenvalue weighted by Crippen LogP contribution is 2.12. The minimum absolute atomic E-state index is 0.285. The molecule has 1 rings (SSSR count). The monoisotopic (exact) mass is 305 g/mol. The maximum atomic E-state index is 11.4. The Morgan fingerprint density at radius 3 is 2.36 bits per heavy atom. The highest BCUT2D eigenvalue weighted by molar-refractivity contribution is 5.73. The van der Waals surface area contributed by atoms with Crippen LogP contribution in [0.15, 0.2) is 30.3 Å². The number of hydrogen-bond donors (Lipinski definition) is 2. The van der Waals surface area contributed by atoms with Crippen molar-refractivity contribution >= 4 is 5.97 Å². The van der Waals surface area contributed by atoms with Crippen LogP contribution in [0.25, 0.3) is 0 Å². The highest BCUT2D eigenvalue weighted by Gasteiger charge is 2.20. The highest BCUT2D eigenvalue weighted by atomic mass is 16.4. The molecule has 1 aromatic rings. The molecule has 0 aliphatic rings. The molecule has 124 valence electrons. The molecule has 2 N–H and O–H groups in total. The summed E-state index contributed by atoms with van der Waals surface area (Å²) in [6, 6.07) is 10.3. The van der Waals surface area contributed by atoms with Gasteiger partial charge in [0.1, 0.15) is 6.04 Å². The molecule has 0 fully saturated rings. The third-order valence-corrected chi connectivity index (χ3v) is 4.09. The summed E-state index contributed by atoms with van der Waals surface area (Å²) < 4.78 is 0. The van der Waals surface area contributed by atoms with E-state index in [0.29, 0.717) is 0 Å². The van der Waals surface area contributed by atoms with Crippen molar-refractivity contribution in [1.29, 1.82) is 0 Å². The number of carboxylic acid groups (broad SMARTS) is 1. The molecule has 0 aliphatic heterocycles. The third kappa shape index (κ3) is 7.60. The Labute approximate surface area is 135 Å². The Bertz CT molecular complexity index is 405. The molecular weight excluding hydrogens is 274 g/mol. The van der Waals surface area contributed by atoms with Gasteiger partial charge in [-0.1, -0.05) is 69.9 Å². The van der Waals surface area contributed by atoms with E-state index in [0.717, 1.165) is 51.4 Å². The normalized spacial score (nSPS) is 13.7. The molecule has 3 nitrogen and oxygen atoms in total. The summed E-state index contributed by atoms with van der Waals surface area (Å²) in [5, 5.41) is 12.8. The molecule has 0 aliphatic carbocycles. The van der Waals surface area contributed by atoms with Crippen molar-refractivity contribution in [3.8, 4) is 0 Å². The van der Waals surface area contributed by atoms with Crippen molar-refractivity contribution in [2.45, 2.75) is 77.3 Å². The number of aryl methyl sites for hydroxylation is 1. The van der Waals surface area contributed by atoms with Gasteiger partial charge in [-0.15, -0.1) is 0 Å². The molecule has 2 atom stereocenters. The summed E-state index contributed by atoms with van der Waals surface area (Å²) in [4.78, 5) is 11.4. The van der Waals surface area contributed by atoms with Gasteiger partial charge in [-0.3, -0.25) is 4.79 Å². The van der Waals surface area contributed by atoms with Gasteiger partial charge >= 0.3 is 5.97 Å². The van der Waals surface area contributed by atoms with Gasteiger partial charge in [-0.2, -0.15) is 0 Å². The van der Waals surface area contributed by atoms with Crippen LogP contribution in [0.4, 0.5) is 0 Å². The van der Waals surface area contributed by atoms with Gasteiger partial charge in [0.15, 0.2) is 0 Å². The van der Waals surface area contributed by atoms with Crippen molar-refractivity contribution in [2.75, 3.05) is 0 Å². The number of aliphatic carboxylic acids is 1. The minimum atomic E-state index is -0.711. The summed E-state index contributed by atoms with van der Waals surface area (Å²) in [6.45, 7) is 4.30. The fraction of sp³-hybridized carbons (Fsp3) is 0.632. The molecule has 0 aromatic heterocycles. The molecule has 0 heterocycles. The first-order valence-electron chi connectivity index (χ1n) is 8.70. The number of nitrogens with one attached hydrogen (secondary N) is 1. The van der Waals surface area contributed by atoms with Gasteiger partial charge in [0.2, 0.25) is 0 Å². The number of hydrogen-bond acceptors (Lipinski definition) is 2. The summed E-state index contributed by atoms with van der Waals surface area (Å²) >= 11 is 0. The average molecular weight is 305 g/mol. The molecule has 22 heavy (non-hydrogen) atoms. The SMILES string of the molecule is CCCCC[C@H](NC(CCC)CCc1ccccc1)C(=O)O. The van der Waals surface area contributed by atoms with Crippen LogP contribution in [0, 0.1) is 0 Å². The van der Waals surface area contributed by atoms with Crippen LogP contribution in [0.3, 0.4) is 0 Å². The van der Waals surface area contributed by atoms with Crippen LogP contribution >= 0.6 is 0 Å². The maximum Gasteiger partial charge on any atom is 0.320 e. The second-order valence-electron chi connectivity index (χ2n) is 6.06. The van der Waals surface area contributed by atoms with Gasteiger partial charge in [0.25, 0.3) is 0 Å². The Kier molecular flexibility index (Phi) is 9.56. The lowest BCUT2D eigenvalue weighted by atomic mass is 9.99. The van der Waals surface area contributed by atoms with Crippen LogP contribution in [0.5, 0.6) is 0 Å². The Balaban J connectivity index is 2.50. The van der Waals surface area contributed by atoms with Crippen molar-refractivity contribution < 1.29 is 9.90 Å². The van der Waals surface area contributed by atoms with E-state index < -0.39 is 12.0 Å². The molecule has 0 radical (unpaired) electrons. The molecule has 0 spiro atoms. The molecule has 0 amide bonds. The lowest BCUT2D eigenvalue weighted by molar-refractivity contribution is -0.140. The van der Waals surface area contributed by atoms with Crippen LogP contribution in [0.2, 0.25) is 0 Å². The fourth-order valence-electron chi connectivity index (χ4n) is 2.81. The van der Waals surface area contributed by atoms with Crippen molar-refractivity contribution in [3.63, 3.8) is 0 Å². The van der Waals surface area contributed by atoms with E-state index in [1.165, 1.54) is 5.56 Å². The van der Waals surface area contributed by atoms with E-state index in [4.69, 9.17) is 0 Å². The van der Waals surface area contributed by atoms with Crippen molar-refractivity contribution in [1.82, 2.24) is 5.32 Å². The van der Waals surface area contributed by atoms with Crippen LogP contribution in [0.1, 0.15) is 64.4 Å². The Hall–Kier alpha value is -1.35. The zero-order chi connectivity index (χ0) is 16.2. The smallest absolute Gasteiger partial charge is 0.320 e. The van der Waals surface area contributed by atoms with Crippen LogP contribution in [-0.2, 0) is 11.2 Å². The number of benzene rings is 1. The van der Waals surface area contributed by atoms with Gasteiger partial charge in [-0.05, 0) is 31.2 Å². The minimum Gasteiger partial charge on any atom is -0.480 e. The first-order chi connectivity index (χ1) is 10.7. The summed E-state index contributed by atoms with van der Waals surface area (Å²) in [7, 11) is 0. The predicted molar refractivity (Wildman–Crippen MR) is 92.2 cm³/mol. The summed E-state index contributed by atoms with van der Waals surface area (Å²) in [6.07, 6.45) is 8.05. The van der Waals surface area contributed by atoms with Crippen LogP contribution in [-0.4, -0.2) is 23.2 Å². The maximum absolute atomic E-state index is 11.4. The molecule has 0 saturated carbocycles. The lowest BCUT2D eigenvalue weighted by Crippen LogP contribution is -2.43. The van der Waals surface area contributed by atoms with Gasteiger partial charge in [0.05, 0.1) is 0 Å². The quantitative estimate of drug-likeness (QED) is 0.562. The zero-order valence-corrected chi connectivity index (χ0v) is 14.1. The largest absolute Gasteiger partial charge is 0.480 e. The topological polar surface area (TPSA) is 49.3 Å². The van der Waals surface area contributed by atoms with E-state index in [2.05, 4.69) is 43.4 Å². The predicted octanol–water partition coefficient (Wildman–Crippen LogP) is 4.41. The Morgan fingerprint density at radius 1 is 1.05 bits per heavy atom. The fourth-order valence-corrected chi connectivity index (χ4v) is 2.81. The average Bonchev–Trinajstić information content (AvgIpc) is 2.52. The molecule has 3 heteroatoms. The van der Waals surface area contributed by atoms with Gasteiger partial charge in [0, 0.05) is 6.04 Å². The van der Waals surface area contributed by atoms with Gasteiger partial charge in [-0.25, -0.2) is 0 Å². The summed E-state index contributed by atoms with van der Waals surface area (Å²) in [5.41, 5.74) is 1.32. The van der Waals surface area contributed by atoms with E-state index in [9.17, 15) is 9.90 Å². The first-order valence-corrected chi connectivity index (χ1v) is 8.70. The molecule has 1 aromatic carbocycles. The lowest BCUT2D eigenvalue weighted by Gasteiger charge is -2.23. The van der Waals surface area contributed by atoms with Gasteiger partial charge < -0.3 is 10.4 Å². The number of carbonyl (C=O) groups is 1. The van der Waals surface area contributed by atoms with Crippen LogP contribution < -0.4 is 5.32 Å². The summed E-state index contributed by atoms with van der Waals surface area (Å²) in [5.74, 6) is -0.711. The number of rotatable bonds is 12. The third-order valence-electron chi connectivity index (χ3n) is 4.09. The van der Waals surface area contributed by atoms with E-state index in [1.54, 1.807) is 0 Å². The number of unbranched alkanes of at least 4 members (excludes halogenated alkanes) is 2. The Morgan fingerprint density at radius 2 is 1.77 bits per heavy atom. The number of carboxylic acids is 1. The van der Waals surface area contributed by atoms with E-state index in [-0.39, 0.29) is 6.04 Å². The van der Waals surface area contributed by atoms with Crippen molar-refractivity contribution in [2.24, 2.45) is 0 Å². The van der Waals surface area contributed by atoms with E-state index >= 15 is 0 Å². The zero-order valence-electron chi connectivity index (χ0n) is 14.1. The first kappa shape index (κ1) is 18.7. The standard InChI is InChI=1S/C19H31NO2/c1-3-5-7-13-18(19(21)22)20-17(10-4-2)15-14-16-11-8-6-9-12-16/h6,8-9,11-12,17-18,20H,3-5,7,10,13-15H2,1-2H3,(H,21,22)/t17?,18-/m0/s1. The molecule has 1 unspecified atom stereocenters. The van der Waals surface area contributed by atoms with Crippen molar-refractivity contribution in [3.05, 3.63) is 35.9 Å². The molecule has 0 bridgehead atoms. The van der Waals surface area contributed by atoms with E-state index in [1.807, 2.05) is 6.07 Å². The molecular formula is C19H31NO2. The second kappa shape index (κ2) is 11.2. The molecule has 0 saturated heterocycles.